The molecule has 1 amide bonds. The number of nitrogens with zero attached hydrogens (tertiary/aromatic N) is 1. The van der Waals surface area contributed by atoms with Gasteiger partial charge in [0.05, 0.1) is 11.4 Å². The first kappa shape index (κ1) is 19.3. The van der Waals surface area contributed by atoms with Gasteiger partial charge >= 0.3 is 0 Å². The van der Waals surface area contributed by atoms with Crippen molar-refractivity contribution in [2.24, 2.45) is 0 Å². The molecule has 0 spiro atoms. The predicted molar refractivity (Wildman–Crippen MR) is 111 cm³/mol. The number of aromatic nitrogens is 2. The van der Waals surface area contributed by atoms with Crippen molar-refractivity contribution in [2.75, 3.05) is 11.1 Å². The minimum atomic E-state index is -0.213. The zero-order valence-corrected chi connectivity index (χ0v) is 16.4. The van der Waals surface area contributed by atoms with Crippen LogP contribution in [0.3, 0.4) is 0 Å². The summed E-state index contributed by atoms with van der Waals surface area (Å²) in [5, 5.41) is 3.28. The second-order valence-corrected chi connectivity index (χ2v) is 7.86. The maximum absolute atomic E-state index is 12.1. The highest BCUT2D eigenvalue weighted by Crippen LogP contribution is 2.22. The van der Waals surface area contributed by atoms with E-state index in [4.69, 9.17) is 0 Å². The summed E-state index contributed by atoms with van der Waals surface area (Å²) in [5.41, 5.74) is 2.36. The lowest BCUT2D eigenvalue weighted by Gasteiger charge is -2.06. The summed E-state index contributed by atoms with van der Waals surface area (Å²) in [4.78, 5) is 32.2. The summed E-state index contributed by atoms with van der Waals surface area (Å²) < 4.78 is 0. The van der Waals surface area contributed by atoms with Crippen molar-refractivity contribution in [1.29, 1.82) is 0 Å². The van der Waals surface area contributed by atoms with Crippen LogP contribution in [0.2, 0.25) is 0 Å². The molecule has 0 aliphatic rings. The molecule has 27 heavy (non-hydrogen) atoms. The first-order valence-corrected chi connectivity index (χ1v) is 10.3. The Labute approximate surface area is 166 Å². The van der Waals surface area contributed by atoms with E-state index in [0.29, 0.717) is 16.6 Å². The van der Waals surface area contributed by atoms with E-state index < -0.39 is 0 Å². The number of thioether (sulfide) groups is 2. The van der Waals surface area contributed by atoms with Crippen LogP contribution in [0.5, 0.6) is 0 Å². The van der Waals surface area contributed by atoms with E-state index in [9.17, 15) is 9.59 Å². The van der Waals surface area contributed by atoms with E-state index in [1.54, 1.807) is 11.8 Å². The normalized spacial score (nSPS) is 10.6. The fraction of sp³-hybridized carbons (Fsp3) is 0.150. The van der Waals surface area contributed by atoms with Crippen LogP contribution < -0.4 is 10.9 Å². The highest BCUT2D eigenvalue weighted by atomic mass is 32.2. The topological polar surface area (TPSA) is 74.8 Å². The van der Waals surface area contributed by atoms with Crippen molar-refractivity contribution in [3.63, 3.8) is 0 Å². The van der Waals surface area contributed by atoms with Crippen LogP contribution in [0.1, 0.15) is 11.3 Å². The molecule has 2 N–H and O–H groups in total. The third-order valence-electron chi connectivity index (χ3n) is 3.58. The molecule has 0 saturated carbocycles. The van der Waals surface area contributed by atoms with E-state index in [1.165, 1.54) is 17.8 Å². The zero-order valence-electron chi connectivity index (χ0n) is 14.8. The van der Waals surface area contributed by atoms with Gasteiger partial charge < -0.3 is 10.3 Å². The number of aromatic amines is 1. The summed E-state index contributed by atoms with van der Waals surface area (Å²) in [5.74, 6) is 0.624. The predicted octanol–water partition coefficient (Wildman–Crippen LogP) is 4.10. The molecule has 1 heterocycles. The standard InChI is InChI=1S/C20H19N3O2S2/c1-14-7-9-15(10-8-14)21-19(25)13-27-20-22-16(11-18(24)23-20)12-26-17-5-3-2-4-6-17/h2-11H,12-13H2,1H3,(H,21,25)(H,22,23,24). The van der Waals surface area contributed by atoms with Crippen LogP contribution in [0.4, 0.5) is 5.69 Å². The number of H-pyrrole nitrogens is 1. The zero-order chi connectivity index (χ0) is 19.1. The summed E-state index contributed by atoms with van der Waals surface area (Å²) in [7, 11) is 0. The Bertz CT molecular complexity index is 957. The summed E-state index contributed by atoms with van der Waals surface area (Å²) in [6, 6.07) is 19.0. The van der Waals surface area contributed by atoms with Gasteiger partial charge in [-0.25, -0.2) is 4.98 Å². The highest BCUT2D eigenvalue weighted by molar-refractivity contribution is 7.99. The molecule has 138 valence electrons. The molecule has 0 atom stereocenters. The average Bonchev–Trinajstić information content (AvgIpc) is 2.67. The number of carbonyl (C=O) groups excluding carboxylic acids is 1. The largest absolute Gasteiger partial charge is 0.325 e. The maximum atomic E-state index is 12.1. The molecule has 7 heteroatoms. The van der Waals surface area contributed by atoms with Crippen LogP contribution in [0.15, 0.2) is 75.5 Å². The number of anilines is 1. The van der Waals surface area contributed by atoms with E-state index in [2.05, 4.69) is 15.3 Å². The van der Waals surface area contributed by atoms with Crippen molar-refractivity contribution >= 4 is 35.1 Å². The molecule has 0 aliphatic heterocycles. The Morgan fingerprint density at radius 1 is 1.07 bits per heavy atom. The van der Waals surface area contributed by atoms with Crippen molar-refractivity contribution < 1.29 is 4.79 Å². The van der Waals surface area contributed by atoms with Crippen LogP contribution in [0, 0.1) is 6.92 Å². The Kier molecular flexibility index (Phi) is 6.73. The van der Waals surface area contributed by atoms with E-state index >= 15 is 0 Å². The fourth-order valence-corrected chi connectivity index (χ4v) is 3.77. The van der Waals surface area contributed by atoms with Gasteiger partial charge in [0, 0.05) is 22.4 Å². The van der Waals surface area contributed by atoms with E-state index in [-0.39, 0.29) is 17.2 Å². The first-order chi connectivity index (χ1) is 13.1. The second-order valence-electron chi connectivity index (χ2n) is 5.85. The molecule has 0 aliphatic carbocycles. The van der Waals surface area contributed by atoms with Crippen molar-refractivity contribution in [1.82, 2.24) is 9.97 Å². The van der Waals surface area contributed by atoms with Crippen LogP contribution in [-0.2, 0) is 10.5 Å². The molecular weight excluding hydrogens is 378 g/mol. The summed E-state index contributed by atoms with van der Waals surface area (Å²) >= 11 is 2.83. The van der Waals surface area contributed by atoms with Crippen molar-refractivity contribution in [3.8, 4) is 0 Å². The average molecular weight is 398 g/mol. The molecule has 0 fully saturated rings. The third kappa shape index (κ3) is 6.30. The number of benzene rings is 2. The number of nitrogens with one attached hydrogen (secondary N) is 2. The highest BCUT2D eigenvalue weighted by Gasteiger charge is 2.07. The Morgan fingerprint density at radius 3 is 2.56 bits per heavy atom. The molecule has 0 saturated heterocycles. The first-order valence-electron chi connectivity index (χ1n) is 8.36. The fourth-order valence-electron chi connectivity index (χ4n) is 2.27. The van der Waals surface area contributed by atoms with Crippen molar-refractivity contribution in [2.45, 2.75) is 22.7 Å². The number of aryl methyl sites for hydroxylation is 1. The number of hydrogen-bond donors (Lipinski definition) is 2. The van der Waals surface area contributed by atoms with Gasteiger partial charge in [-0.15, -0.1) is 11.8 Å². The quantitative estimate of drug-likeness (QED) is 0.464. The van der Waals surface area contributed by atoms with Gasteiger partial charge in [0.2, 0.25) is 5.91 Å². The Morgan fingerprint density at radius 2 is 1.81 bits per heavy atom. The molecule has 1 aromatic heterocycles. The van der Waals surface area contributed by atoms with E-state index in [0.717, 1.165) is 16.1 Å². The van der Waals surface area contributed by atoms with Gasteiger partial charge in [0.25, 0.3) is 5.56 Å². The number of amides is 1. The van der Waals surface area contributed by atoms with Crippen molar-refractivity contribution in [3.05, 3.63) is 82.3 Å². The number of carbonyl (C=O) groups is 1. The van der Waals surface area contributed by atoms with Gasteiger partial charge in [-0.2, -0.15) is 0 Å². The SMILES string of the molecule is Cc1ccc(NC(=O)CSc2nc(CSc3ccccc3)cc(=O)[nH]2)cc1. The van der Waals surface area contributed by atoms with Gasteiger partial charge in [-0.05, 0) is 31.2 Å². The van der Waals surface area contributed by atoms with Gasteiger partial charge in [0.1, 0.15) is 0 Å². The number of rotatable bonds is 7. The molecular formula is C20H19N3O2S2. The lowest BCUT2D eigenvalue weighted by Crippen LogP contribution is -2.15. The number of hydrogen-bond acceptors (Lipinski definition) is 5. The molecule has 0 bridgehead atoms. The molecule has 5 nitrogen and oxygen atoms in total. The Hall–Kier alpha value is -2.51. The van der Waals surface area contributed by atoms with Crippen LogP contribution in [0.25, 0.3) is 0 Å². The smallest absolute Gasteiger partial charge is 0.251 e. The van der Waals surface area contributed by atoms with Gasteiger partial charge in [-0.3, -0.25) is 9.59 Å². The minimum absolute atomic E-state index is 0.143. The maximum Gasteiger partial charge on any atom is 0.251 e. The van der Waals surface area contributed by atoms with Crippen LogP contribution in [-0.4, -0.2) is 21.6 Å². The van der Waals surface area contributed by atoms with Crippen LogP contribution >= 0.6 is 23.5 Å². The molecule has 3 rings (SSSR count). The molecule has 2 aromatic carbocycles. The minimum Gasteiger partial charge on any atom is -0.325 e. The van der Waals surface area contributed by atoms with Gasteiger partial charge in [0.15, 0.2) is 5.16 Å². The summed E-state index contributed by atoms with van der Waals surface area (Å²) in [6.45, 7) is 1.99. The molecule has 3 aromatic rings. The second kappa shape index (κ2) is 9.43. The lowest BCUT2D eigenvalue weighted by molar-refractivity contribution is -0.113. The molecule has 0 unspecified atom stereocenters. The summed E-state index contributed by atoms with van der Waals surface area (Å²) in [6.07, 6.45) is 0. The third-order valence-corrected chi connectivity index (χ3v) is 5.50. The Balaban J connectivity index is 1.56. The van der Waals surface area contributed by atoms with Gasteiger partial charge in [-0.1, -0.05) is 47.7 Å². The monoisotopic (exact) mass is 397 g/mol. The van der Waals surface area contributed by atoms with E-state index in [1.807, 2.05) is 61.5 Å². The molecule has 0 radical (unpaired) electrons. The lowest BCUT2D eigenvalue weighted by atomic mass is 10.2.